The molecule has 86 valence electrons. The van der Waals surface area contributed by atoms with E-state index in [-0.39, 0.29) is 0 Å². The van der Waals surface area contributed by atoms with E-state index in [0.29, 0.717) is 6.10 Å². The molecule has 2 heterocycles. The number of hydrogen-bond donors (Lipinski definition) is 0. The van der Waals surface area contributed by atoms with Crippen LogP contribution < -0.4 is 0 Å². The molecule has 2 rings (SSSR count). The lowest BCUT2D eigenvalue weighted by Gasteiger charge is -2.09. The first kappa shape index (κ1) is 11.0. The lowest BCUT2D eigenvalue weighted by molar-refractivity contribution is 0.148. The van der Waals surface area contributed by atoms with Crippen LogP contribution in [-0.4, -0.2) is 6.10 Å². The molecule has 0 aromatic carbocycles. The summed E-state index contributed by atoms with van der Waals surface area (Å²) in [5.41, 5.74) is 0. The molecule has 2 aliphatic rings. The lowest BCUT2D eigenvalue weighted by Crippen LogP contribution is -2.03. The van der Waals surface area contributed by atoms with Crippen LogP contribution in [0.1, 0.15) is 70.6 Å². The molecule has 0 spiro atoms. The quantitative estimate of drug-likeness (QED) is 0.566. The minimum Gasteiger partial charge on any atom is -0.495 e. The van der Waals surface area contributed by atoms with Crippen LogP contribution in [0.2, 0.25) is 0 Å². The van der Waals surface area contributed by atoms with Crippen molar-refractivity contribution in [2.75, 3.05) is 0 Å². The van der Waals surface area contributed by atoms with Crippen LogP contribution in [0.5, 0.6) is 0 Å². The first-order chi connectivity index (χ1) is 7.45. The normalized spacial score (nSPS) is 29.3. The Bertz CT molecular complexity index is 207. The Morgan fingerprint density at radius 1 is 0.867 bits per heavy atom. The van der Waals surface area contributed by atoms with Crippen LogP contribution >= 0.6 is 0 Å². The fraction of sp³-hybridized carbons (Fsp3) is 0.857. The molecule has 0 radical (unpaired) electrons. The largest absolute Gasteiger partial charge is 0.495 e. The maximum Gasteiger partial charge on any atom is 0.0986 e. The van der Waals surface area contributed by atoms with Gasteiger partial charge in [0, 0.05) is 6.42 Å². The first-order valence-corrected chi connectivity index (χ1v) is 6.81. The van der Waals surface area contributed by atoms with Gasteiger partial charge >= 0.3 is 0 Å². The summed E-state index contributed by atoms with van der Waals surface area (Å²) in [5, 5.41) is 0. The van der Waals surface area contributed by atoms with Gasteiger partial charge in [0.15, 0.2) is 0 Å². The minimum absolute atomic E-state index is 0.553. The van der Waals surface area contributed by atoms with E-state index in [9.17, 15) is 0 Å². The summed E-state index contributed by atoms with van der Waals surface area (Å²) in [7, 11) is 0. The van der Waals surface area contributed by atoms with Gasteiger partial charge in [0.25, 0.3) is 0 Å². The van der Waals surface area contributed by atoms with E-state index < -0.39 is 0 Å². The highest BCUT2D eigenvalue weighted by atomic mass is 16.5. The van der Waals surface area contributed by atoms with Gasteiger partial charge in [-0.1, -0.05) is 32.1 Å². The van der Waals surface area contributed by atoms with E-state index >= 15 is 0 Å². The zero-order chi connectivity index (χ0) is 10.3. The summed E-state index contributed by atoms with van der Waals surface area (Å²) in [6.07, 6.45) is 17.8. The van der Waals surface area contributed by atoms with Crippen molar-refractivity contribution in [2.24, 2.45) is 0 Å². The molecule has 2 bridgehead atoms. The predicted octanol–water partition coefficient (Wildman–Crippen LogP) is 4.57. The Morgan fingerprint density at radius 2 is 1.60 bits per heavy atom. The molecular weight excluding hydrogens is 184 g/mol. The van der Waals surface area contributed by atoms with E-state index in [4.69, 9.17) is 4.74 Å². The van der Waals surface area contributed by atoms with Gasteiger partial charge in [-0.15, -0.1) is 0 Å². The van der Waals surface area contributed by atoms with Crippen LogP contribution in [0.3, 0.4) is 0 Å². The highest BCUT2D eigenvalue weighted by Gasteiger charge is 2.19. The van der Waals surface area contributed by atoms with E-state index in [2.05, 4.69) is 6.08 Å². The average molecular weight is 208 g/mol. The van der Waals surface area contributed by atoms with E-state index in [0.717, 1.165) is 0 Å². The summed E-state index contributed by atoms with van der Waals surface area (Å²) in [4.78, 5) is 0. The zero-order valence-corrected chi connectivity index (χ0v) is 9.84. The third-order valence-corrected chi connectivity index (χ3v) is 3.63. The van der Waals surface area contributed by atoms with Crippen molar-refractivity contribution < 1.29 is 4.74 Å². The molecule has 0 aromatic rings. The zero-order valence-electron chi connectivity index (χ0n) is 9.84. The van der Waals surface area contributed by atoms with Gasteiger partial charge < -0.3 is 4.74 Å². The summed E-state index contributed by atoms with van der Waals surface area (Å²) in [6.45, 7) is 0. The van der Waals surface area contributed by atoms with Crippen LogP contribution in [0, 0.1) is 0 Å². The summed E-state index contributed by atoms with van der Waals surface area (Å²) in [6, 6.07) is 0. The molecule has 1 heteroatoms. The fourth-order valence-electron chi connectivity index (χ4n) is 2.65. The predicted molar refractivity (Wildman–Crippen MR) is 63.7 cm³/mol. The number of ether oxygens (including phenoxy) is 1. The molecule has 0 unspecified atom stereocenters. The van der Waals surface area contributed by atoms with Crippen molar-refractivity contribution in [3.8, 4) is 0 Å². The number of hydrogen-bond acceptors (Lipinski definition) is 1. The van der Waals surface area contributed by atoms with E-state index in [1.807, 2.05) is 0 Å². The van der Waals surface area contributed by atoms with Crippen molar-refractivity contribution in [3.63, 3.8) is 0 Å². The Balaban J connectivity index is 1.81. The van der Waals surface area contributed by atoms with Crippen molar-refractivity contribution in [1.29, 1.82) is 0 Å². The Hall–Kier alpha value is -0.460. The van der Waals surface area contributed by atoms with Gasteiger partial charge in [0.05, 0.1) is 11.9 Å². The van der Waals surface area contributed by atoms with Crippen LogP contribution in [0.25, 0.3) is 0 Å². The Kier molecular flexibility index (Phi) is 4.56. The van der Waals surface area contributed by atoms with Gasteiger partial charge in [0.1, 0.15) is 0 Å². The number of fused-ring (bicyclic) bond motifs is 2. The maximum absolute atomic E-state index is 5.94. The molecule has 1 atom stereocenters. The smallest absolute Gasteiger partial charge is 0.0986 e. The molecule has 0 N–H and O–H groups in total. The van der Waals surface area contributed by atoms with Crippen molar-refractivity contribution in [1.82, 2.24) is 0 Å². The van der Waals surface area contributed by atoms with Crippen LogP contribution in [-0.2, 0) is 4.74 Å². The topological polar surface area (TPSA) is 9.23 Å². The molecular formula is C14H24O. The van der Waals surface area contributed by atoms with Crippen molar-refractivity contribution >= 4 is 0 Å². The van der Waals surface area contributed by atoms with E-state index in [1.54, 1.807) is 0 Å². The molecule has 15 heavy (non-hydrogen) atoms. The summed E-state index contributed by atoms with van der Waals surface area (Å²) < 4.78 is 5.94. The first-order valence-electron chi connectivity index (χ1n) is 6.81. The average Bonchev–Trinajstić information content (AvgIpc) is 2.69. The Morgan fingerprint density at radius 3 is 2.47 bits per heavy atom. The molecule has 2 aliphatic heterocycles. The molecule has 1 fully saturated rings. The molecule has 1 saturated heterocycles. The molecule has 0 aromatic heterocycles. The Labute approximate surface area is 93.9 Å². The van der Waals surface area contributed by atoms with Crippen molar-refractivity contribution in [3.05, 3.63) is 11.8 Å². The van der Waals surface area contributed by atoms with Gasteiger partial charge in [0.2, 0.25) is 0 Å². The highest BCUT2D eigenvalue weighted by Crippen LogP contribution is 2.27. The lowest BCUT2D eigenvalue weighted by atomic mass is 10.0. The molecule has 0 aliphatic carbocycles. The minimum atomic E-state index is 0.553. The third-order valence-electron chi connectivity index (χ3n) is 3.63. The van der Waals surface area contributed by atoms with Crippen LogP contribution in [0.4, 0.5) is 0 Å². The fourth-order valence-corrected chi connectivity index (χ4v) is 2.65. The molecule has 1 nitrogen and oxygen atoms in total. The van der Waals surface area contributed by atoms with Crippen molar-refractivity contribution in [2.45, 2.75) is 76.7 Å². The molecule has 0 amide bonds. The SMILES string of the molecule is C1=C2CC[C@@H](CCCCCCCCC1)O2. The van der Waals surface area contributed by atoms with Gasteiger partial charge in [-0.25, -0.2) is 0 Å². The number of allylic oxidation sites excluding steroid dienone is 2. The number of rotatable bonds is 0. The molecule has 0 saturated carbocycles. The summed E-state index contributed by atoms with van der Waals surface area (Å²) >= 11 is 0. The maximum atomic E-state index is 5.94. The van der Waals surface area contributed by atoms with Crippen LogP contribution in [0.15, 0.2) is 11.8 Å². The van der Waals surface area contributed by atoms with E-state index in [1.165, 1.54) is 76.4 Å². The second-order valence-corrected chi connectivity index (χ2v) is 5.00. The summed E-state index contributed by atoms with van der Waals surface area (Å²) in [5.74, 6) is 1.29. The second-order valence-electron chi connectivity index (χ2n) is 5.00. The van der Waals surface area contributed by atoms with Gasteiger partial charge in [-0.2, -0.15) is 0 Å². The van der Waals surface area contributed by atoms with Gasteiger partial charge in [-0.3, -0.25) is 0 Å². The van der Waals surface area contributed by atoms with Gasteiger partial charge in [-0.05, 0) is 38.2 Å². The monoisotopic (exact) mass is 208 g/mol. The second kappa shape index (κ2) is 6.19. The highest BCUT2D eigenvalue weighted by molar-refractivity contribution is 4.98. The standard InChI is InChI=1S/C14H24O/c1-2-4-6-8-10-14-12-11-13(15-14)9-7-5-3-1/h9,14H,1-8,10-12H2/t14-/m1/s1. The third kappa shape index (κ3) is 3.89.